The minimum absolute atomic E-state index is 0.219. The molecule has 0 unspecified atom stereocenters. The van der Waals surface area contributed by atoms with Crippen LogP contribution in [-0.4, -0.2) is 23.0 Å². The summed E-state index contributed by atoms with van der Waals surface area (Å²) in [5.74, 6) is 0.604. The number of benzene rings is 3. The number of rotatable bonds is 6. The molecular weight excluding hydrogens is 504 g/mol. The van der Waals surface area contributed by atoms with Gasteiger partial charge < -0.3 is 4.57 Å². The van der Waals surface area contributed by atoms with Gasteiger partial charge in [-0.1, -0.05) is 85.1 Å². The molecule has 0 radical (unpaired) electrons. The molecule has 0 amide bonds. The molecule has 0 saturated heterocycles. The molecule has 186 valence electrons. The Labute approximate surface area is 221 Å². The first-order valence-corrected chi connectivity index (χ1v) is 14.2. The number of halogens is 1. The van der Waals surface area contributed by atoms with E-state index < -0.39 is 10.0 Å². The number of aromatic nitrogens is 3. The zero-order valence-electron chi connectivity index (χ0n) is 20.0. The van der Waals surface area contributed by atoms with Crippen LogP contribution >= 0.6 is 11.6 Å². The highest BCUT2D eigenvalue weighted by Gasteiger charge is 2.24. The molecule has 2 heterocycles. The summed E-state index contributed by atoms with van der Waals surface area (Å²) in [6.07, 6.45) is 6.72. The van der Waals surface area contributed by atoms with Crippen molar-refractivity contribution in [1.29, 1.82) is 0 Å². The zero-order chi connectivity index (χ0) is 25.4. The molecule has 0 atom stereocenters. The van der Waals surface area contributed by atoms with Crippen molar-refractivity contribution < 1.29 is 8.42 Å². The Bertz CT molecular complexity index is 1660. The molecule has 3 aromatic carbocycles. The number of anilines is 1. The second kappa shape index (κ2) is 9.65. The Morgan fingerprint density at radius 1 is 0.811 bits per heavy atom. The summed E-state index contributed by atoms with van der Waals surface area (Å²) < 4.78 is 30.4. The largest absolute Gasteiger partial charge is 0.329 e. The molecule has 5 aromatic rings. The fraction of sp³-hybridized carbons (Fsp3) is 0.172. The van der Waals surface area contributed by atoms with Crippen LogP contribution in [0.4, 0.5) is 5.69 Å². The predicted octanol–water partition coefficient (Wildman–Crippen LogP) is 7.33. The quantitative estimate of drug-likeness (QED) is 0.234. The van der Waals surface area contributed by atoms with Crippen molar-refractivity contribution >= 4 is 38.3 Å². The summed E-state index contributed by atoms with van der Waals surface area (Å²) in [5.41, 5.74) is 4.09. The first kappa shape index (κ1) is 23.7. The third-order valence-corrected chi connectivity index (χ3v) is 8.55. The van der Waals surface area contributed by atoms with Crippen molar-refractivity contribution in [2.75, 3.05) is 4.72 Å². The predicted molar refractivity (Wildman–Crippen MR) is 148 cm³/mol. The average Bonchev–Trinajstić information content (AvgIpc) is 3.59. The highest BCUT2D eigenvalue weighted by atomic mass is 35.5. The van der Waals surface area contributed by atoms with E-state index in [4.69, 9.17) is 16.6 Å². The summed E-state index contributed by atoms with van der Waals surface area (Å²) in [4.78, 5) is 9.84. The molecule has 1 fully saturated rings. The van der Waals surface area contributed by atoms with Gasteiger partial charge in [0, 0.05) is 29.1 Å². The van der Waals surface area contributed by atoms with E-state index in [1.807, 2.05) is 42.5 Å². The number of hydrogen-bond acceptors (Lipinski definition) is 4. The topological polar surface area (TPSA) is 76.9 Å². The van der Waals surface area contributed by atoms with Gasteiger partial charge in [0.05, 0.1) is 10.3 Å². The molecule has 1 saturated carbocycles. The van der Waals surface area contributed by atoms with Crippen molar-refractivity contribution in [3.05, 3.63) is 96.3 Å². The van der Waals surface area contributed by atoms with E-state index >= 15 is 0 Å². The highest BCUT2D eigenvalue weighted by Crippen LogP contribution is 2.40. The molecule has 1 aliphatic carbocycles. The number of fused-ring (bicyclic) bond motifs is 1. The molecule has 6 nitrogen and oxygen atoms in total. The van der Waals surface area contributed by atoms with Crippen LogP contribution in [0.15, 0.2) is 96.0 Å². The first-order chi connectivity index (χ1) is 18.0. The summed E-state index contributed by atoms with van der Waals surface area (Å²) in [6.45, 7) is 0. The molecule has 0 spiro atoms. The molecule has 1 N–H and O–H groups in total. The summed E-state index contributed by atoms with van der Waals surface area (Å²) in [6, 6.07) is 25.9. The fourth-order valence-corrected chi connectivity index (χ4v) is 6.38. The molecule has 0 bridgehead atoms. The van der Waals surface area contributed by atoms with Crippen LogP contribution in [-0.2, 0) is 10.0 Å². The van der Waals surface area contributed by atoms with E-state index in [0.29, 0.717) is 22.7 Å². The van der Waals surface area contributed by atoms with Gasteiger partial charge in [-0.2, -0.15) is 0 Å². The van der Waals surface area contributed by atoms with E-state index in [0.717, 1.165) is 40.6 Å². The van der Waals surface area contributed by atoms with Crippen LogP contribution in [0.1, 0.15) is 31.7 Å². The van der Waals surface area contributed by atoms with E-state index in [9.17, 15) is 8.42 Å². The van der Waals surface area contributed by atoms with Gasteiger partial charge >= 0.3 is 0 Å². The Kier molecular flexibility index (Phi) is 6.18. The number of nitrogens with one attached hydrogen (secondary N) is 1. The van der Waals surface area contributed by atoms with Crippen molar-refractivity contribution in [1.82, 2.24) is 14.5 Å². The molecule has 0 aliphatic heterocycles. The first-order valence-electron chi connectivity index (χ1n) is 12.3. The van der Waals surface area contributed by atoms with Crippen LogP contribution < -0.4 is 4.72 Å². The van der Waals surface area contributed by atoms with Gasteiger partial charge in [0.25, 0.3) is 10.0 Å². The zero-order valence-corrected chi connectivity index (χ0v) is 21.6. The van der Waals surface area contributed by atoms with E-state index in [2.05, 4.69) is 20.5 Å². The lowest BCUT2D eigenvalue weighted by atomic mass is 10.1. The van der Waals surface area contributed by atoms with E-state index in [1.54, 1.807) is 42.5 Å². The number of sulfonamides is 1. The summed E-state index contributed by atoms with van der Waals surface area (Å²) >= 11 is 6.82. The van der Waals surface area contributed by atoms with Gasteiger partial charge in [-0.25, -0.2) is 18.4 Å². The maximum Gasteiger partial charge on any atom is 0.261 e. The molecule has 1 aliphatic rings. The van der Waals surface area contributed by atoms with Gasteiger partial charge in [0.15, 0.2) is 5.82 Å². The third kappa shape index (κ3) is 4.61. The Balaban J connectivity index is 1.41. The van der Waals surface area contributed by atoms with Gasteiger partial charge in [-0.15, -0.1) is 0 Å². The minimum Gasteiger partial charge on any atom is -0.329 e. The van der Waals surface area contributed by atoms with Crippen LogP contribution in [0.3, 0.4) is 0 Å². The Morgan fingerprint density at radius 2 is 1.46 bits per heavy atom. The monoisotopic (exact) mass is 528 g/mol. The van der Waals surface area contributed by atoms with Crippen LogP contribution in [0, 0.1) is 0 Å². The Morgan fingerprint density at radius 3 is 2.14 bits per heavy atom. The minimum atomic E-state index is -3.67. The normalized spacial score (nSPS) is 14.3. The number of hydrogen-bond donors (Lipinski definition) is 1. The fourth-order valence-electron chi connectivity index (χ4n) is 5.03. The van der Waals surface area contributed by atoms with Crippen LogP contribution in [0.2, 0.25) is 5.15 Å². The van der Waals surface area contributed by atoms with Crippen LogP contribution in [0.25, 0.3) is 33.5 Å². The summed E-state index contributed by atoms with van der Waals surface area (Å²) in [7, 11) is -3.67. The van der Waals surface area contributed by atoms with Gasteiger partial charge in [0.2, 0.25) is 0 Å². The summed E-state index contributed by atoms with van der Waals surface area (Å²) in [5, 5.41) is 1.22. The smallest absolute Gasteiger partial charge is 0.261 e. The second-order valence-electron chi connectivity index (χ2n) is 9.29. The molecule has 2 aromatic heterocycles. The van der Waals surface area contributed by atoms with E-state index in [-0.39, 0.29) is 4.90 Å². The van der Waals surface area contributed by atoms with Gasteiger partial charge in [-0.05, 0) is 42.7 Å². The maximum absolute atomic E-state index is 12.7. The molecule has 37 heavy (non-hydrogen) atoms. The SMILES string of the molecule is O=S(=O)(Nc1ccc(-c2cn(C3CCCC3)c3nc(-c4ccccc4)nc(Cl)c23)cc1)c1ccccc1. The van der Waals surface area contributed by atoms with Crippen molar-refractivity contribution in [2.24, 2.45) is 0 Å². The Hall–Kier alpha value is -3.68. The lowest BCUT2D eigenvalue weighted by Gasteiger charge is -2.13. The lowest BCUT2D eigenvalue weighted by Crippen LogP contribution is -2.12. The van der Waals surface area contributed by atoms with Crippen molar-refractivity contribution in [3.63, 3.8) is 0 Å². The van der Waals surface area contributed by atoms with Gasteiger partial charge in [-0.3, -0.25) is 4.72 Å². The maximum atomic E-state index is 12.7. The molecule has 6 rings (SSSR count). The molecule has 8 heteroatoms. The van der Waals surface area contributed by atoms with Crippen molar-refractivity contribution in [2.45, 2.75) is 36.6 Å². The van der Waals surface area contributed by atoms with E-state index in [1.165, 1.54) is 12.8 Å². The standard InChI is InChI=1S/C29H25ClN4O2S/c30-27-26-25(20-15-17-22(18-16-20)33-37(35,36)24-13-5-2-6-14-24)19-34(23-11-7-8-12-23)29(26)32-28(31-27)21-9-3-1-4-10-21/h1-6,9-10,13-19,23,33H,7-8,11-12H2. The third-order valence-electron chi connectivity index (χ3n) is 6.88. The highest BCUT2D eigenvalue weighted by molar-refractivity contribution is 7.92. The number of nitrogens with zero attached hydrogens (tertiary/aromatic N) is 3. The lowest BCUT2D eigenvalue weighted by molar-refractivity contribution is 0.532. The molecular formula is C29H25ClN4O2S. The second-order valence-corrected chi connectivity index (χ2v) is 11.3. The van der Waals surface area contributed by atoms with Crippen molar-refractivity contribution in [3.8, 4) is 22.5 Å². The van der Waals surface area contributed by atoms with Gasteiger partial charge in [0.1, 0.15) is 10.8 Å². The van der Waals surface area contributed by atoms with Crippen LogP contribution in [0.5, 0.6) is 0 Å². The average molecular weight is 529 g/mol.